The molecule has 0 aliphatic carbocycles. The smallest absolute Gasteiger partial charge is 0.298 e. The molecule has 1 rings (SSSR count). The summed E-state index contributed by atoms with van der Waals surface area (Å²) in [5.41, 5.74) is -5.86. The van der Waals surface area contributed by atoms with Gasteiger partial charge in [-0.05, 0) is 12.1 Å². The molecule has 0 fully saturated rings. The third-order valence-corrected chi connectivity index (χ3v) is 3.54. The molecule has 0 N–H and O–H groups in total. The summed E-state index contributed by atoms with van der Waals surface area (Å²) < 4.78 is 98.1. The fourth-order valence-corrected chi connectivity index (χ4v) is 2.84. The van der Waals surface area contributed by atoms with Gasteiger partial charge in [-0.2, -0.15) is 26.3 Å². The molecule has 0 radical (unpaired) electrons. The van der Waals surface area contributed by atoms with Gasteiger partial charge >= 0.3 is 12.4 Å². The van der Waals surface area contributed by atoms with Crippen molar-refractivity contribution in [2.75, 3.05) is 0 Å². The van der Waals surface area contributed by atoms with Gasteiger partial charge in [-0.1, -0.05) is 0 Å². The summed E-state index contributed by atoms with van der Waals surface area (Å²) in [6, 6.07) is 0.276. The average molecular weight is 341 g/mol. The van der Waals surface area contributed by atoms with E-state index in [0.717, 1.165) is 0 Å². The van der Waals surface area contributed by atoms with E-state index in [1.54, 1.807) is 0 Å². The molecule has 0 unspecified atom stereocenters. The number of carbonyl (C=O) groups is 1. The number of carbonyl (C=O) groups excluding carboxylic acids is 1. The molecule has 0 heterocycles. The van der Waals surface area contributed by atoms with Crippen molar-refractivity contribution in [2.45, 2.75) is 17.2 Å². The molecule has 3 nitrogen and oxygen atoms in total. The Morgan fingerprint density at radius 3 is 1.80 bits per heavy atom. The van der Waals surface area contributed by atoms with Crippen LogP contribution in [0.1, 0.15) is 21.5 Å². The molecule has 0 saturated carbocycles. The molecule has 0 amide bonds. The maximum Gasteiger partial charge on any atom is 0.418 e. The number of halogens is 7. The third-order valence-electron chi connectivity index (χ3n) is 2.15. The predicted octanol–water partition coefficient (Wildman–Crippen LogP) is 3.46. The second-order valence-corrected chi connectivity index (χ2v) is 5.96. The lowest BCUT2D eigenvalue weighted by molar-refractivity contribution is -0.163. The summed E-state index contributed by atoms with van der Waals surface area (Å²) in [5.74, 6) is 0. The highest BCUT2D eigenvalue weighted by Gasteiger charge is 2.47. The van der Waals surface area contributed by atoms with Crippen LogP contribution in [0.25, 0.3) is 0 Å². The van der Waals surface area contributed by atoms with E-state index in [1.165, 1.54) is 0 Å². The molecular weight excluding hydrogens is 338 g/mol. The van der Waals surface area contributed by atoms with Gasteiger partial charge in [0.2, 0.25) is 0 Å². The summed E-state index contributed by atoms with van der Waals surface area (Å²) in [4.78, 5) is 8.64. The first-order chi connectivity index (χ1) is 8.80. The topological polar surface area (TPSA) is 51.2 Å². The van der Waals surface area contributed by atoms with E-state index in [-0.39, 0.29) is 12.4 Å². The zero-order valence-electron chi connectivity index (χ0n) is 9.01. The zero-order chi connectivity index (χ0) is 15.9. The van der Waals surface area contributed by atoms with Gasteiger partial charge in [0.15, 0.2) is 6.29 Å². The Hall–Kier alpha value is -1.29. The standard InChI is InChI=1S/C9H3ClF6O3S/c10-20(18,19)7-4(3-17)1-2-5(8(11,12)13)6(7)9(14,15)16/h1-3H. The van der Waals surface area contributed by atoms with E-state index in [2.05, 4.69) is 0 Å². The number of hydrogen-bond acceptors (Lipinski definition) is 3. The van der Waals surface area contributed by atoms with E-state index in [9.17, 15) is 39.6 Å². The zero-order valence-corrected chi connectivity index (χ0v) is 10.6. The van der Waals surface area contributed by atoms with Crippen LogP contribution in [-0.2, 0) is 21.4 Å². The lowest BCUT2D eigenvalue weighted by Gasteiger charge is -2.18. The van der Waals surface area contributed by atoms with Crippen molar-refractivity contribution in [3.8, 4) is 0 Å². The fourth-order valence-electron chi connectivity index (χ4n) is 1.47. The minimum absolute atomic E-state index is 0.0296. The molecule has 112 valence electrons. The predicted molar refractivity (Wildman–Crippen MR) is 54.9 cm³/mol. The highest BCUT2D eigenvalue weighted by Crippen LogP contribution is 2.44. The Labute approximate surface area is 112 Å². The molecule has 0 aliphatic heterocycles. The van der Waals surface area contributed by atoms with Gasteiger partial charge in [-0.3, -0.25) is 4.79 Å². The minimum atomic E-state index is -5.67. The fraction of sp³-hybridized carbons (Fsp3) is 0.222. The first kappa shape index (κ1) is 16.8. The number of benzene rings is 1. The minimum Gasteiger partial charge on any atom is -0.298 e. The lowest BCUT2D eigenvalue weighted by atomic mass is 10.0. The van der Waals surface area contributed by atoms with Gasteiger partial charge in [-0.25, -0.2) is 8.42 Å². The Balaban J connectivity index is 4.02. The van der Waals surface area contributed by atoms with Crippen LogP contribution < -0.4 is 0 Å². The normalized spacial score (nSPS) is 13.3. The van der Waals surface area contributed by atoms with Crippen LogP contribution in [0.5, 0.6) is 0 Å². The van der Waals surface area contributed by atoms with Crippen molar-refractivity contribution < 1.29 is 39.6 Å². The Morgan fingerprint density at radius 1 is 1.00 bits per heavy atom. The largest absolute Gasteiger partial charge is 0.418 e. The SMILES string of the molecule is O=Cc1ccc(C(F)(F)F)c(C(F)(F)F)c1S(=O)(=O)Cl. The maximum absolute atomic E-state index is 12.7. The summed E-state index contributed by atoms with van der Waals surface area (Å²) in [6.07, 6.45) is -11.5. The van der Waals surface area contributed by atoms with Crippen molar-refractivity contribution in [3.05, 3.63) is 28.8 Å². The highest BCUT2D eigenvalue weighted by molar-refractivity contribution is 8.13. The third kappa shape index (κ3) is 3.23. The molecule has 0 bridgehead atoms. The lowest BCUT2D eigenvalue weighted by Crippen LogP contribution is -2.21. The van der Waals surface area contributed by atoms with Crippen LogP contribution in [0.3, 0.4) is 0 Å². The van der Waals surface area contributed by atoms with E-state index >= 15 is 0 Å². The van der Waals surface area contributed by atoms with Crippen LogP contribution in [0.4, 0.5) is 26.3 Å². The summed E-state index contributed by atoms with van der Waals surface area (Å²) in [5, 5.41) is 0. The van der Waals surface area contributed by atoms with E-state index in [0.29, 0.717) is 6.07 Å². The Bertz CT molecular complexity index is 647. The Kier molecular flexibility index (Phi) is 4.12. The molecular formula is C9H3ClF6O3S. The number of hydrogen-bond donors (Lipinski definition) is 0. The van der Waals surface area contributed by atoms with Gasteiger partial charge in [0.1, 0.15) is 4.90 Å². The van der Waals surface area contributed by atoms with Crippen LogP contribution in [-0.4, -0.2) is 14.7 Å². The van der Waals surface area contributed by atoms with Crippen molar-refractivity contribution in [2.24, 2.45) is 0 Å². The molecule has 1 aromatic rings. The van der Waals surface area contributed by atoms with Crippen LogP contribution >= 0.6 is 10.7 Å². The van der Waals surface area contributed by atoms with Gasteiger partial charge in [0.05, 0.1) is 11.1 Å². The first-order valence-corrected chi connectivity index (χ1v) is 6.82. The summed E-state index contributed by atoms with van der Waals surface area (Å²) in [7, 11) is -0.499. The molecule has 0 saturated heterocycles. The van der Waals surface area contributed by atoms with E-state index < -0.39 is 43.0 Å². The molecule has 0 spiro atoms. The number of alkyl halides is 6. The van der Waals surface area contributed by atoms with Crippen molar-refractivity contribution in [1.82, 2.24) is 0 Å². The average Bonchev–Trinajstić information content (AvgIpc) is 2.23. The first-order valence-electron chi connectivity index (χ1n) is 4.51. The van der Waals surface area contributed by atoms with E-state index in [4.69, 9.17) is 10.7 Å². The summed E-state index contributed by atoms with van der Waals surface area (Å²) >= 11 is 0. The molecule has 0 atom stereocenters. The number of aldehydes is 1. The molecule has 0 aromatic heterocycles. The van der Waals surface area contributed by atoms with Gasteiger partial charge in [0.25, 0.3) is 9.05 Å². The van der Waals surface area contributed by atoms with Crippen LogP contribution in [0, 0.1) is 0 Å². The van der Waals surface area contributed by atoms with Crippen molar-refractivity contribution >= 4 is 26.0 Å². The molecule has 20 heavy (non-hydrogen) atoms. The summed E-state index contributed by atoms with van der Waals surface area (Å²) in [6.45, 7) is 0. The second kappa shape index (κ2) is 4.92. The molecule has 1 aromatic carbocycles. The molecule has 0 aliphatic rings. The van der Waals surface area contributed by atoms with Gasteiger partial charge < -0.3 is 0 Å². The monoisotopic (exact) mass is 340 g/mol. The quantitative estimate of drug-likeness (QED) is 0.470. The maximum atomic E-state index is 12.7. The number of rotatable bonds is 2. The molecule has 11 heteroatoms. The van der Waals surface area contributed by atoms with Crippen molar-refractivity contribution in [1.29, 1.82) is 0 Å². The Morgan fingerprint density at radius 2 is 1.50 bits per heavy atom. The second-order valence-electron chi connectivity index (χ2n) is 3.46. The van der Waals surface area contributed by atoms with E-state index in [1.807, 2.05) is 0 Å². The van der Waals surface area contributed by atoms with Crippen LogP contribution in [0.2, 0.25) is 0 Å². The van der Waals surface area contributed by atoms with Crippen LogP contribution in [0.15, 0.2) is 17.0 Å². The van der Waals surface area contributed by atoms with Gasteiger partial charge in [0, 0.05) is 16.2 Å². The van der Waals surface area contributed by atoms with Gasteiger partial charge in [-0.15, -0.1) is 0 Å². The van der Waals surface area contributed by atoms with Crippen molar-refractivity contribution in [3.63, 3.8) is 0 Å². The highest BCUT2D eigenvalue weighted by atomic mass is 35.7.